The standard InChI is InChI=1S/C26H33N3O/c1-19-8-10-23(16-20(19)2)26-24(17-27-28-26)18-29-14-12-22(13-15-29)25(30)11-9-21-6-4-3-5-7-21/h3-8,10,16-17,22,25,30H,9,11-15,18H2,1-2H3,(H,27,28). The smallest absolute Gasteiger partial charge is 0.0695 e. The van der Waals surface area contributed by atoms with Gasteiger partial charge in [0.05, 0.1) is 18.0 Å². The Morgan fingerprint density at radius 2 is 1.83 bits per heavy atom. The van der Waals surface area contributed by atoms with Crippen molar-refractivity contribution in [2.75, 3.05) is 13.1 Å². The molecule has 1 aliphatic heterocycles. The van der Waals surface area contributed by atoms with E-state index < -0.39 is 0 Å². The number of aryl methyl sites for hydroxylation is 3. The van der Waals surface area contributed by atoms with Crippen molar-refractivity contribution in [2.45, 2.75) is 52.2 Å². The summed E-state index contributed by atoms with van der Waals surface area (Å²) < 4.78 is 0. The molecule has 2 heterocycles. The molecule has 1 atom stereocenters. The molecule has 4 rings (SSSR count). The van der Waals surface area contributed by atoms with Crippen molar-refractivity contribution in [3.63, 3.8) is 0 Å². The molecule has 1 aliphatic rings. The highest BCUT2D eigenvalue weighted by Gasteiger charge is 2.25. The van der Waals surface area contributed by atoms with Crippen LogP contribution in [0.15, 0.2) is 54.7 Å². The van der Waals surface area contributed by atoms with E-state index >= 15 is 0 Å². The molecule has 0 bridgehead atoms. The fourth-order valence-corrected chi connectivity index (χ4v) is 4.51. The van der Waals surface area contributed by atoms with Crippen molar-refractivity contribution < 1.29 is 5.11 Å². The van der Waals surface area contributed by atoms with Crippen molar-refractivity contribution >= 4 is 0 Å². The SMILES string of the molecule is Cc1ccc(-c2[nH]ncc2CN2CCC(C(O)CCc3ccccc3)CC2)cc1C. The second-order valence-electron chi connectivity index (χ2n) is 8.77. The summed E-state index contributed by atoms with van der Waals surface area (Å²) in [6, 6.07) is 17.1. The van der Waals surface area contributed by atoms with Crippen LogP contribution in [0.25, 0.3) is 11.3 Å². The van der Waals surface area contributed by atoms with Crippen LogP contribution >= 0.6 is 0 Å². The highest BCUT2D eigenvalue weighted by Crippen LogP contribution is 2.28. The predicted octanol–water partition coefficient (Wildman–Crippen LogP) is 4.90. The van der Waals surface area contributed by atoms with Gasteiger partial charge in [-0.1, -0.05) is 42.5 Å². The molecule has 0 aliphatic carbocycles. The van der Waals surface area contributed by atoms with Gasteiger partial charge in [0, 0.05) is 17.7 Å². The van der Waals surface area contributed by atoms with E-state index in [1.807, 2.05) is 12.3 Å². The Labute approximate surface area is 180 Å². The van der Waals surface area contributed by atoms with Crippen molar-refractivity contribution in [1.82, 2.24) is 15.1 Å². The zero-order valence-corrected chi connectivity index (χ0v) is 18.1. The molecule has 1 aromatic heterocycles. The first-order chi connectivity index (χ1) is 14.6. The largest absolute Gasteiger partial charge is 0.393 e. The number of benzene rings is 2. The summed E-state index contributed by atoms with van der Waals surface area (Å²) in [7, 11) is 0. The zero-order valence-electron chi connectivity index (χ0n) is 18.1. The lowest BCUT2D eigenvalue weighted by Crippen LogP contribution is -2.37. The van der Waals surface area contributed by atoms with Crippen LogP contribution in [0.5, 0.6) is 0 Å². The molecule has 0 spiro atoms. The first-order valence-electron chi connectivity index (χ1n) is 11.1. The van der Waals surface area contributed by atoms with E-state index in [4.69, 9.17) is 0 Å². The zero-order chi connectivity index (χ0) is 20.9. The third-order valence-electron chi connectivity index (χ3n) is 6.66. The molecule has 1 fully saturated rings. The summed E-state index contributed by atoms with van der Waals surface area (Å²) in [5.41, 5.74) is 7.51. The number of aliphatic hydroxyl groups excluding tert-OH is 1. The van der Waals surface area contributed by atoms with Gasteiger partial charge in [-0.15, -0.1) is 0 Å². The molecule has 4 nitrogen and oxygen atoms in total. The first kappa shape index (κ1) is 20.8. The fraction of sp³-hybridized carbons (Fsp3) is 0.423. The Balaban J connectivity index is 1.30. The first-order valence-corrected chi connectivity index (χ1v) is 11.1. The lowest BCUT2D eigenvalue weighted by molar-refractivity contribution is 0.0520. The second-order valence-corrected chi connectivity index (χ2v) is 8.77. The molecule has 1 saturated heterocycles. The van der Waals surface area contributed by atoms with Crippen LogP contribution in [-0.2, 0) is 13.0 Å². The maximum absolute atomic E-state index is 10.7. The minimum Gasteiger partial charge on any atom is -0.393 e. The van der Waals surface area contributed by atoms with Crippen LogP contribution < -0.4 is 0 Å². The van der Waals surface area contributed by atoms with Gasteiger partial charge in [-0.05, 0) is 81.3 Å². The number of rotatable bonds is 7. The van der Waals surface area contributed by atoms with Gasteiger partial charge in [-0.3, -0.25) is 10.00 Å². The molecule has 2 N–H and O–H groups in total. The molecule has 3 aromatic rings. The van der Waals surface area contributed by atoms with Crippen LogP contribution in [0.4, 0.5) is 0 Å². The molecular formula is C26H33N3O. The average molecular weight is 404 g/mol. The number of nitrogens with zero attached hydrogens (tertiary/aromatic N) is 2. The summed E-state index contributed by atoms with van der Waals surface area (Å²) in [6.07, 6.45) is 5.70. The number of hydrogen-bond donors (Lipinski definition) is 2. The summed E-state index contributed by atoms with van der Waals surface area (Å²) in [5.74, 6) is 0.411. The molecule has 158 valence electrons. The van der Waals surface area contributed by atoms with Crippen molar-refractivity contribution in [2.24, 2.45) is 5.92 Å². The highest BCUT2D eigenvalue weighted by atomic mass is 16.3. The van der Waals surface area contributed by atoms with E-state index in [-0.39, 0.29) is 6.10 Å². The third-order valence-corrected chi connectivity index (χ3v) is 6.66. The summed E-state index contributed by atoms with van der Waals surface area (Å²) in [4.78, 5) is 2.50. The predicted molar refractivity (Wildman–Crippen MR) is 122 cm³/mol. The normalized spacial score (nSPS) is 16.6. The third kappa shape index (κ3) is 5.00. The molecular weight excluding hydrogens is 370 g/mol. The van der Waals surface area contributed by atoms with Gasteiger partial charge in [-0.25, -0.2) is 0 Å². The van der Waals surface area contributed by atoms with Gasteiger partial charge >= 0.3 is 0 Å². The van der Waals surface area contributed by atoms with Crippen molar-refractivity contribution in [3.8, 4) is 11.3 Å². The monoisotopic (exact) mass is 403 g/mol. The van der Waals surface area contributed by atoms with E-state index in [1.165, 1.54) is 27.8 Å². The number of likely N-dealkylation sites (tertiary alicyclic amines) is 1. The van der Waals surface area contributed by atoms with Gasteiger partial charge in [0.1, 0.15) is 0 Å². The van der Waals surface area contributed by atoms with E-state index in [2.05, 4.69) is 71.4 Å². The Hall–Kier alpha value is -2.43. The number of H-pyrrole nitrogens is 1. The number of aromatic amines is 1. The Morgan fingerprint density at radius 3 is 2.57 bits per heavy atom. The molecule has 0 radical (unpaired) electrons. The van der Waals surface area contributed by atoms with Crippen molar-refractivity contribution in [3.05, 3.63) is 77.0 Å². The molecule has 1 unspecified atom stereocenters. The maximum atomic E-state index is 10.7. The maximum Gasteiger partial charge on any atom is 0.0695 e. The average Bonchev–Trinajstić information content (AvgIpc) is 3.23. The van der Waals surface area contributed by atoms with Gasteiger partial charge < -0.3 is 5.11 Å². The molecule has 2 aromatic carbocycles. The minimum absolute atomic E-state index is 0.202. The lowest BCUT2D eigenvalue weighted by Gasteiger charge is -2.34. The van der Waals surface area contributed by atoms with Crippen LogP contribution in [0.2, 0.25) is 0 Å². The number of aliphatic hydroxyl groups is 1. The molecule has 0 amide bonds. The van der Waals surface area contributed by atoms with E-state index in [0.29, 0.717) is 5.92 Å². The van der Waals surface area contributed by atoms with Gasteiger partial charge in [0.25, 0.3) is 0 Å². The van der Waals surface area contributed by atoms with Gasteiger partial charge in [0.15, 0.2) is 0 Å². The van der Waals surface area contributed by atoms with Crippen LogP contribution in [0.1, 0.15) is 41.5 Å². The lowest BCUT2D eigenvalue weighted by atomic mass is 9.88. The van der Waals surface area contributed by atoms with E-state index in [1.54, 1.807) is 0 Å². The number of aromatic nitrogens is 2. The second kappa shape index (κ2) is 9.59. The van der Waals surface area contributed by atoms with Crippen LogP contribution in [0, 0.1) is 19.8 Å². The quantitative estimate of drug-likeness (QED) is 0.590. The minimum atomic E-state index is -0.202. The topological polar surface area (TPSA) is 52.2 Å². The number of piperidine rings is 1. The summed E-state index contributed by atoms with van der Waals surface area (Å²) in [6.45, 7) is 7.27. The molecule has 0 saturated carbocycles. The molecule has 30 heavy (non-hydrogen) atoms. The Kier molecular flexibility index (Phi) is 6.66. The van der Waals surface area contributed by atoms with Crippen LogP contribution in [-0.4, -0.2) is 39.4 Å². The van der Waals surface area contributed by atoms with E-state index in [0.717, 1.165) is 51.0 Å². The van der Waals surface area contributed by atoms with E-state index in [9.17, 15) is 5.11 Å². The number of nitrogens with one attached hydrogen (secondary N) is 1. The molecule has 4 heteroatoms. The Morgan fingerprint density at radius 1 is 1.07 bits per heavy atom. The Bertz CT molecular complexity index is 942. The van der Waals surface area contributed by atoms with Gasteiger partial charge in [-0.2, -0.15) is 5.10 Å². The summed E-state index contributed by atoms with van der Waals surface area (Å²) >= 11 is 0. The van der Waals surface area contributed by atoms with Crippen molar-refractivity contribution in [1.29, 1.82) is 0 Å². The van der Waals surface area contributed by atoms with Crippen LogP contribution in [0.3, 0.4) is 0 Å². The van der Waals surface area contributed by atoms with Gasteiger partial charge in [0.2, 0.25) is 0 Å². The summed E-state index contributed by atoms with van der Waals surface area (Å²) in [5, 5.41) is 18.2. The number of hydrogen-bond acceptors (Lipinski definition) is 3. The highest BCUT2D eigenvalue weighted by molar-refractivity contribution is 5.64. The fourth-order valence-electron chi connectivity index (χ4n) is 4.51.